The van der Waals surface area contributed by atoms with E-state index in [9.17, 15) is 0 Å². The average molecular weight is 385 g/mol. The molecular weight excluding hydrogens is 343 g/mol. The molecule has 0 fully saturated rings. The predicted octanol–water partition coefficient (Wildman–Crippen LogP) is 3.87. The zero-order valence-electron chi connectivity index (χ0n) is 19.0. The van der Waals surface area contributed by atoms with E-state index in [4.69, 9.17) is 32.1 Å². The first-order valence-corrected chi connectivity index (χ1v) is 10.4. The molecule has 0 aliphatic carbocycles. The lowest BCUT2D eigenvalue weighted by atomic mass is 9.92. The Labute approximate surface area is 160 Å². The van der Waals surface area contributed by atoms with Gasteiger partial charge in [-0.3, -0.25) is 0 Å². The van der Waals surface area contributed by atoms with Crippen LogP contribution in [0.3, 0.4) is 0 Å². The summed E-state index contributed by atoms with van der Waals surface area (Å²) in [4.78, 5) is 0. The fraction of sp³-hybridized carbons (Fsp3) is 1.00. The van der Waals surface area contributed by atoms with Gasteiger partial charge in [-0.15, -0.1) is 0 Å². The molecule has 0 saturated heterocycles. The normalized spacial score (nSPS) is 14.9. The fourth-order valence-electron chi connectivity index (χ4n) is 2.02. The summed E-state index contributed by atoms with van der Waals surface area (Å²) >= 11 is 0. The lowest BCUT2D eigenvalue weighted by Gasteiger charge is -2.33. The van der Waals surface area contributed by atoms with Gasteiger partial charge in [0, 0.05) is 44.3 Å². The van der Waals surface area contributed by atoms with Gasteiger partial charge in [0.05, 0.1) is 38.4 Å². The molecule has 6 nitrogen and oxygen atoms in total. The zero-order chi connectivity index (χ0) is 20.9. The van der Waals surface area contributed by atoms with E-state index in [0.29, 0.717) is 86.1 Å². The van der Waals surface area contributed by atoms with Crippen molar-refractivity contribution in [2.75, 3.05) is 73.2 Å². The van der Waals surface area contributed by atoms with E-state index in [0.717, 1.165) is 6.42 Å². The minimum atomic E-state index is -0.819. The van der Waals surface area contributed by atoms with E-state index in [1.807, 2.05) is 6.66 Å². The number of hydrogen-bond donors (Lipinski definition) is 0. The molecule has 7 heteroatoms. The van der Waals surface area contributed by atoms with Gasteiger partial charge in [0.1, 0.15) is 0 Å². The van der Waals surface area contributed by atoms with Crippen molar-refractivity contribution in [3.63, 3.8) is 0 Å². The third-order valence-corrected chi connectivity index (χ3v) is 4.38. The van der Waals surface area contributed by atoms with Gasteiger partial charge in [-0.25, -0.2) is 0 Å². The van der Waals surface area contributed by atoms with Crippen molar-refractivity contribution in [3.8, 4) is 0 Å². The summed E-state index contributed by atoms with van der Waals surface area (Å²) in [6.07, 6.45) is 2.13. The Morgan fingerprint density at radius 3 is 1.96 bits per heavy atom. The van der Waals surface area contributed by atoms with E-state index in [2.05, 4.69) is 0 Å². The molecule has 0 aromatic rings. The summed E-state index contributed by atoms with van der Waals surface area (Å²) in [5.41, 5.74) is -0.468. The molecule has 1 unspecified atom stereocenters. The Balaban J connectivity index is 4.56. The van der Waals surface area contributed by atoms with E-state index in [-0.39, 0.29) is 6.90 Å². The molecule has 0 radical (unpaired) electrons. The van der Waals surface area contributed by atoms with Gasteiger partial charge < -0.3 is 28.0 Å². The maximum absolute atomic E-state index is 7.28. The number of rotatable bonds is 19. The van der Waals surface area contributed by atoms with E-state index in [1.54, 1.807) is 7.11 Å². The van der Waals surface area contributed by atoms with Crippen LogP contribution in [0.5, 0.6) is 0 Å². The smallest absolute Gasteiger partial charge is 0.166 e. The number of ether oxygens (including phenoxy) is 4. The molecule has 0 aliphatic heterocycles. The molecule has 0 aromatic carbocycles. The van der Waals surface area contributed by atoms with Gasteiger partial charge in [0.25, 0.3) is 0 Å². The molecule has 0 heterocycles. The maximum atomic E-state index is 7.28. The lowest BCUT2D eigenvalue weighted by Crippen LogP contribution is -2.42. The monoisotopic (exact) mass is 385 g/mol. The summed E-state index contributed by atoms with van der Waals surface area (Å²) in [6, 6.07) is 0. The van der Waals surface area contributed by atoms with Crippen LogP contribution in [-0.2, 0) is 28.0 Å². The zero-order valence-corrected chi connectivity index (χ0v) is 16.9. The summed E-state index contributed by atoms with van der Waals surface area (Å²) in [5.74, 6) is 0. The Morgan fingerprint density at radius 1 is 0.800 bits per heavy atom. The molecule has 0 saturated carbocycles. The average Bonchev–Trinajstić information content (AvgIpc) is 2.71. The van der Waals surface area contributed by atoms with Crippen LogP contribution in [0.15, 0.2) is 0 Å². The Morgan fingerprint density at radius 2 is 1.40 bits per heavy atom. The molecular formula is C18H39O6P. The van der Waals surface area contributed by atoms with Gasteiger partial charge in [-0.1, -0.05) is 13.8 Å². The third kappa shape index (κ3) is 14.0. The highest BCUT2D eigenvalue weighted by atomic mass is 31.2. The van der Waals surface area contributed by atoms with Crippen LogP contribution in [0, 0.1) is 5.41 Å². The van der Waals surface area contributed by atoms with Crippen molar-refractivity contribution in [2.24, 2.45) is 5.41 Å². The highest BCUT2D eigenvalue weighted by molar-refractivity contribution is 7.46. The first-order chi connectivity index (χ1) is 13.6. The minimum absolute atomic E-state index is 0.202. The van der Waals surface area contributed by atoms with Crippen LogP contribution in [-0.4, -0.2) is 73.2 Å². The van der Waals surface area contributed by atoms with Crippen molar-refractivity contribution in [2.45, 2.75) is 40.0 Å². The second-order valence-electron chi connectivity index (χ2n) is 5.73. The topological polar surface area (TPSA) is 55.4 Å². The van der Waals surface area contributed by atoms with Crippen LogP contribution in [0.4, 0.5) is 0 Å². The lowest BCUT2D eigenvalue weighted by molar-refractivity contribution is -0.106. The van der Waals surface area contributed by atoms with Crippen LogP contribution in [0.25, 0.3) is 0 Å². The van der Waals surface area contributed by atoms with Crippen LogP contribution < -0.4 is 0 Å². The van der Waals surface area contributed by atoms with Crippen molar-refractivity contribution < 1.29 is 32.1 Å². The van der Waals surface area contributed by atoms with E-state index in [1.165, 1.54) is 0 Å². The molecule has 0 N–H and O–H groups in total. The van der Waals surface area contributed by atoms with Crippen molar-refractivity contribution in [3.05, 3.63) is 0 Å². The highest BCUT2D eigenvalue weighted by Gasteiger charge is 2.32. The van der Waals surface area contributed by atoms with Gasteiger partial charge in [-0.2, -0.15) is 0 Å². The summed E-state index contributed by atoms with van der Waals surface area (Å²) in [7, 11) is 0.814. The summed E-state index contributed by atoms with van der Waals surface area (Å²) < 4.78 is 55.4. The van der Waals surface area contributed by atoms with Crippen LogP contribution in [0.2, 0.25) is 0 Å². The number of hydrogen-bond acceptors (Lipinski definition) is 6. The molecule has 0 aliphatic rings. The minimum Gasteiger partial charge on any atom is -0.381 e. The second kappa shape index (κ2) is 17.6. The van der Waals surface area contributed by atoms with Crippen molar-refractivity contribution in [1.29, 1.82) is 0 Å². The molecule has 1 atom stereocenters. The molecule has 25 heavy (non-hydrogen) atoms. The van der Waals surface area contributed by atoms with Crippen LogP contribution in [0.1, 0.15) is 44.1 Å². The summed E-state index contributed by atoms with van der Waals surface area (Å²) in [6.45, 7) is 6.91. The van der Waals surface area contributed by atoms with Gasteiger partial charge in [0.2, 0.25) is 0 Å². The molecule has 0 rings (SSSR count). The third-order valence-electron chi connectivity index (χ3n) is 3.32. The standard InChI is InChI=1S/C18H39O6P/c1-6-10-21-15-18(14-20-8-3,16-22-11-7-2)17-23-12-9-13-24-25(5)19-4/h6-17H2,1-5H3/i1D,2D,3D. The fourth-order valence-corrected chi connectivity index (χ4v) is 2.51. The molecule has 0 aromatic heterocycles. The van der Waals surface area contributed by atoms with Gasteiger partial charge >= 0.3 is 0 Å². The highest BCUT2D eigenvalue weighted by Crippen LogP contribution is 2.31. The van der Waals surface area contributed by atoms with Crippen LogP contribution >= 0.6 is 8.38 Å². The van der Waals surface area contributed by atoms with Crippen molar-refractivity contribution in [1.82, 2.24) is 0 Å². The van der Waals surface area contributed by atoms with Gasteiger partial charge in [-0.05, 0) is 26.2 Å². The maximum Gasteiger partial charge on any atom is 0.166 e. The van der Waals surface area contributed by atoms with E-state index < -0.39 is 13.8 Å². The summed E-state index contributed by atoms with van der Waals surface area (Å²) in [5, 5.41) is 0. The van der Waals surface area contributed by atoms with Gasteiger partial charge in [0.15, 0.2) is 8.38 Å². The molecule has 0 amide bonds. The quantitative estimate of drug-likeness (QED) is 0.248. The Bertz CT molecular complexity index is 320. The molecule has 0 bridgehead atoms. The Hall–Kier alpha value is 0.190. The molecule has 152 valence electrons. The largest absolute Gasteiger partial charge is 0.381 e. The first kappa shape index (κ1) is 19.9. The molecule has 0 spiro atoms. The predicted molar refractivity (Wildman–Crippen MR) is 102 cm³/mol. The second-order valence-corrected chi connectivity index (χ2v) is 7.23. The SMILES string of the molecule is [2H]CCCOCC(COCC[2H])(COCCC[2H])COCCCOP(C)OC. The first-order valence-electron chi connectivity index (χ1n) is 10.9. The van der Waals surface area contributed by atoms with Crippen molar-refractivity contribution >= 4 is 8.38 Å². The Kier molecular flexibility index (Phi) is 14.0. The van der Waals surface area contributed by atoms with E-state index >= 15 is 0 Å².